The maximum atomic E-state index is 12.1. The van der Waals surface area contributed by atoms with E-state index in [2.05, 4.69) is 20.8 Å². The van der Waals surface area contributed by atoms with Gasteiger partial charge < -0.3 is 15.4 Å². The van der Waals surface area contributed by atoms with E-state index >= 15 is 0 Å². The molecule has 1 saturated heterocycles. The molecule has 1 unspecified atom stereocenters. The van der Waals surface area contributed by atoms with Gasteiger partial charge in [0.05, 0.1) is 6.10 Å². The van der Waals surface area contributed by atoms with Crippen LogP contribution in [0.2, 0.25) is 5.02 Å². The Hall–Kier alpha value is -2.18. The standard InChI is InChI=1S/C16H17ClN4O2/c17-12-4-1-3-11(9-12)16(22)19-15-7-6-14(20-21-15)18-10-13-5-2-8-23-13/h1,3-4,6-7,9,13H,2,5,8,10H2,(H,18,20)(H,19,21,22). The quantitative estimate of drug-likeness (QED) is 0.880. The van der Waals surface area contributed by atoms with Crippen LogP contribution in [0, 0.1) is 0 Å². The fourth-order valence-corrected chi connectivity index (χ4v) is 2.53. The molecule has 1 fully saturated rings. The van der Waals surface area contributed by atoms with Gasteiger partial charge in [0.25, 0.3) is 5.91 Å². The Bertz CT molecular complexity index is 672. The fraction of sp³-hybridized carbons (Fsp3) is 0.312. The molecule has 0 radical (unpaired) electrons. The maximum absolute atomic E-state index is 12.1. The lowest BCUT2D eigenvalue weighted by Crippen LogP contribution is -2.19. The third-order valence-corrected chi connectivity index (χ3v) is 3.76. The van der Waals surface area contributed by atoms with Crippen molar-refractivity contribution in [2.24, 2.45) is 0 Å². The van der Waals surface area contributed by atoms with Crippen LogP contribution in [-0.2, 0) is 4.74 Å². The largest absolute Gasteiger partial charge is 0.376 e. The molecule has 1 aliphatic heterocycles. The van der Waals surface area contributed by atoms with Crippen LogP contribution in [0.15, 0.2) is 36.4 Å². The molecule has 0 aliphatic carbocycles. The summed E-state index contributed by atoms with van der Waals surface area (Å²) in [5.74, 6) is 0.765. The third-order valence-electron chi connectivity index (χ3n) is 3.53. The summed E-state index contributed by atoms with van der Waals surface area (Å²) in [5.41, 5.74) is 0.472. The Morgan fingerprint density at radius 1 is 1.26 bits per heavy atom. The average molecular weight is 333 g/mol. The van der Waals surface area contributed by atoms with Gasteiger partial charge in [-0.3, -0.25) is 4.79 Å². The Labute approximate surface area is 139 Å². The predicted molar refractivity (Wildman–Crippen MR) is 88.9 cm³/mol. The van der Waals surface area contributed by atoms with Gasteiger partial charge in [-0.1, -0.05) is 17.7 Å². The van der Waals surface area contributed by atoms with Gasteiger partial charge in [-0.25, -0.2) is 0 Å². The van der Waals surface area contributed by atoms with Gasteiger partial charge in [0.2, 0.25) is 0 Å². The summed E-state index contributed by atoms with van der Waals surface area (Å²) in [6, 6.07) is 10.2. The SMILES string of the molecule is O=C(Nc1ccc(NCC2CCCO2)nn1)c1cccc(Cl)c1. The molecule has 2 N–H and O–H groups in total. The number of hydrogen-bond donors (Lipinski definition) is 2. The van der Waals surface area contributed by atoms with Gasteiger partial charge in [-0.15, -0.1) is 10.2 Å². The number of benzene rings is 1. The summed E-state index contributed by atoms with van der Waals surface area (Å²) in [7, 11) is 0. The molecule has 0 saturated carbocycles. The number of nitrogens with zero attached hydrogens (tertiary/aromatic N) is 2. The zero-order valence-electron chi connectivity index (χ0n) is 12.5. The van der Waals surface area contributed by atoms with Crippen LogP contribution in [-0.4, -0.2) is 35.4 Å². The highest BCUT2D eigenvalue weighted by atomic mass is 35.5. The number of nitrogens with one attached hydrogen (secondary N) is 2. The highest BCUT2D eigenvalue weighted by molar-refractivity contribution is 6.31. The second kappa shape index (κ2) is 7.39. The summed E-state index contributed by atoms with van der Waals surface area (Å²) in [5, 5.41) is 14.4. The summed E-state index contributed by atoms with van der Waals surface area (Å²) in [6.07, 6.45) is 2.40. The molecule has 0 bridgehead atoms. The highest BCUT2D eigenvalue weighted by Crippen LogP contribution is 2.14. The first-order chi connectivity index (χ1) is 11.2. The first kappa shape index (κ1) is 15.7. The molecular weight excluding hydrogens is 316 g/mol. The van der Waals surface area contributed by atoms with Crippen molar-refractivity contribution in [3.05, 3.63) is 47.0 Å². The van der Waals surface area contributed by atoms with Crippen LogP contribution in [0.25, 0.3) is 0 Å². The molecule has 1 aromatic carbocycles. The van der Waals surface area contributed by atoms with E-state index in [4.69, 9.17) is 16.3 Å². The summed E-state index contributed by atoms with van der Waals surface area (Å²) in [4.78, 5) is 12.1. The molecule has 120 valence electrons. The smallest absolute Gasteiger partial charge is 0.256 e. The topological polar surface area (TPSA) is 76.1 Å². The maximum Gasteiger partial charge on any atom is 0.256 e. The van der Waals surface area contributed by atoms with E-state index in [9.17, 15) is 4.79 Å². The van der Waals surface area contributed by atoms with E-state index in [0.717, 1.165) is 19.4 Å². The molecule has 1 atom stereocenters. The molecule has 6 nitrogen and oxygen atoms in total. The number of carbonyl (C=O) groups excluding carboxylic acids is 1. The van der Waals surface area contributed by atoms with Crippen molar-refractivity contribution < 1.29 is 9.53 Å². The van der Waals surface area contributed by atoms with Gasteiger partial charge in [-0.05, 0) is 43.2 Å². The number of aromatic nitrogens is 2. The second-order valence-electron chi connectivity index (χ2n) is 5.28. The monoisotopic (exact) mass is 332 g/mol. The van der Waals surface area contributed by atoms with E-state index in [0.29, 0.717) is 28.8 Å². The third kappa shape index (κ3) is 4.40. The minimum atomic E-state index is -0.276. The summed E-state index contributed by atoms with van der Waals surface area (Å²) < 4.78 is 5.53. The summed E-state index contributed by atoms with van der Waals surface area (Å²) >= 11 is 5.87. The molecule has 0 spiro atoms. The lowest BCUT2D eigenvalue weighted by molar-refractivity contribution is 0.102. The number of ether oxygens (including phenoxy) is 1. The highest BCUT2D eigenvalue weighted by Gasteiger charge is 2.15. The number of hydrogen-bond acceptors (Lipinski definition) is 5. The number of rotatable bonds is 5. The van der Waals surface area contributed by atoms with Crippen LogP contribution >= 0.6 is 11.6 Å². The van der Waals surface area contributed by atoms with E-state index in [1.165, 1.54) is 0 Å². The minimum absolute atomic E-state index is 0.235. The van der Waals surface area contributed by atoms with Crippen molar-refractivity contribution in [2.75, 3.05) is 23.8 Å². The van der Waals surface area contributed by atoms with Crippen molar-refractivity contribution in [3.8, 4) is 0 Å². The van der Waals surface area contributed by atoms with Crippen molar-refractivity contribution in [2.45, 2.75) is 18.9 Å². The van der Waals surface area contributed by atoms with E-state index < -0.39 is 0 Å². The van der Waals surface area contributed by atoms with E-state index in [1.807, 2.05) is 0 Å². The molecule has 3 rings (SSSR count). The normalized spacial score (nSPS) is 17.0. The van der Waals surface area contributed by atoms with Crippen LogP contribution in [0.3, 0.4) is 0 Å². The molecule has 1 aromatic heterocycles. The molecule has 7 heteroatoms. The molecular formula is C16H17ClN4O2. The minimum Gasteiger partial charge on any atom is -0.376 e. The Kier molecular flexibility index (Phi) is 5.05. The fourth-order valence-electron chi connectivity index (χ4n) is 2.34. The first-order valence-electron chi connectivity index (χ1n) is 7.47. The Morgan fingerprint density at radius 2 is 2.09 bits per heavy atom. The Morgan fingerprint density at radius 3 is 2.78 bits per heavy atom. The van der Waals surface area contributed by atoms with Gasteiger partial charge in [0, 0.05) is 23.7 Å². The van der Waals surface area contributed by atoms with Crippen molar-refractivity contribution in [1.29, 1.82) is 0 Å². The van der Waals surface area contributed by atoms with Gasteiger partial charge >= 0.3 is 0 Å². The van der Waals surface area contributed by atoms with Crippen LogP contribution < -0.4 is 10.6 Å². The van der Waals surface area contributed by atoms with Crippen LogP contribution in [0.4, 0.5) is 11.6 Å². The molecule has 1 aliphatic rings. The number of carbonyl (C=O) groups is 1. The van der Waals surface area contributed by atoms with Gasteiger partial charge in [0.1, 0.15) is 5.82 Å². The predicted octanol–water partition coefficient (Wildman–Crippen LogP) is 2.97. The van der Waals surface area contributed by atoms with Crippen molar-refractivity contribution in [3.63, 3.8) is 0 Å². The van der Waals surface area contributed by atoms with Crippen LogP contribution in [0.1, 0.15) is 23.2 Å². The first-order valence-corrected chi connectivity index (χ1v) is 7.84. The zero-order chi connectivity index (χ0) is 16.1. The Balaban J connectivity index is 1.55. The lowest BCUT2D eigenvalue weighted by atomic mass is 10.2. The summed E-state index contributed by atoms with van der Waals surface area (Å²) in [6.45, 7) is 1.54. The number of anilines is 2. The number of amides is 1. The molecule has 2 heterocycles. The van der Waals surface area contributed by atoms with E-state index in [1.54, 1.807) is 36.4 Å². The van der Waals surface area contributed by atoms with Gasteiger partial charge in [0.15, 0.2) is 5.82 Å². The second-order valence-corrected chi connectivity index (χ2v) is 5.72. The van der Waals surface area contributed by atoms with E-state index in [-0.39, 0.29) is 12.0 Å². The van der Waals surface area contributed by atoms with Crippen molar-refractivity contribution in [1.82, 2.24) is 10.2 Å². The van der Waals surface area contributed by atoms with Crippen molar-refractivity contribution >= 4 is 29.1 Å². The number of halogens is 1. The lowest BCUT2D eigenvalue weighted by Gasteiger charge is -2.11. The molecule has 1 amide bonds. The molecule has 2 aromatic rings. The zero-order valence-corrected chi connectivity index (χ0v) is 13.2. The van der Waals surface area contributed by atoms with Crippen LogP contribution in [0.5, 0.6) is 0 Å². The average Bonchev–Trinajstić information content (AvgIpc) is 3.08. The van der Waals surface area contributed by atoms with Gasteiger partial charge in [-0.2, -0.15) is 0 Å². The molecule has 23 heavy (non-hydrogen) atoms.